The Kier molecular flexibility index (Phi) is 3.23. The molecule has 1 heteroatoms. The Bertz CT molecular complexity index is 418. The lowest BCUT2D eigenvalue weighted by Crippen LogP contribution is -1.88. The van der Waals surface area contributed by atoms with Gasteiger partial charge in [0.15, 0.2) is 0 Å². The Morgan fingerprint density at radius 1 is 1.14 bits per heavy atom. The lowest BCUT2D eigenvalue weighted by Gasteiger charge is -2.05. The van der Waals surface area contributed by atoms with Gasteiger partial charge in [-0.05, 0) is 23.6 Å². The van der Waals surface area contributed by atoms with Crippen LogP contribution in [0.25, 0.3) is 10.9 Å². The average molecular weight is 187 g/mol. The summed E-state index contributed by atoms with van der Waals surface area (Å²) in [5, 5.41) is 1.23. The van der Waals surface area contributed by atoms with Gasteiger partial charge in [-0.1, -0.05) is 39.5 Å². The van der Waals surface area contributed by atoms with Crippen LogP contribution in [0.5, 0.6) is 0 Å². The molecule has 2 aromatic rings. The van der Waals surface area contributed by atoms with Gasteiger partial charge in [-0.25, -0.2) is 0 Å². The van der Waals surface area contributed by atoms with Gasteiger partial charge in [-0.15, -0.1) is 0 Å². The Morgan fingerprint density at radius 3 is 2.57 bits per heavy atom. The van der Waals surface area contributed by atoms with E-state index in [-0.39, 0.29) is 7.43 Å². The summed E-state index contributed by atoms with van der Waals surface area (Å²) in [5.41, 5.74) is 2.38. The lowest BCUT2D eigenvalue weighted by molar-refractivity contribution is 0.862. The predicted molar refractivity (Wildman–Crippen MR) is 62.6 cm³/mol. The molecular weight excluding hydrogens is 170 g/mol. The zero-order chi connectivity index (χ0) is 9.26. The van der Waals surface area contributed by atoms with Crippen LogP contribution in [0.3, 0.4) is 0 Å². The summed E-state index contributed by atoms with van der Waals surface area (Å²) in [5.74, 6) is 0.553. The van der Waals surface area contributed by atoms with E-state index in [0.29, 0.717) is 5.92 Å². The zero-order valence-electron chi connectivity index (χ0n) is 7.99. The van der Waals surface area contributed by atoms with E-state index in [0.717, 1.165) is 5.52 Å². The molecule has 0 atom stereocenters. The first-order valence-corrected chi connectivity index (χ1v) is 4.62. The van der Waals surface area contributed by atoms with E-state index in [1.54, 1.807) is 0 Å². The van der Waals surface area contributed by atoms with Gasteiger partial charge in [-0.2, -0.15) is 0 Å². The number of benzene rings is 1. The second-order valence-corrected chi connectivity index (χ2v) is 3.62. The molecular formula is C13H17N. The fourth-order valence-electron chi connectivity index (χ4n) is 1.40. The van der Waals surface area contributed by atoms with Crippen LogP contribution in [-0.2, 0) is 0 Å². The number of para-hydroxylation sites is 1. The highest BCUT2D eigenvalue weighted by molar-refractivity contribution is 5.78. The van der Waals surface area contributed by atoms with Crippen molar-refractivity contribution in [1.82, 2.24) is 4.98 Å². The maximum absolute atomic E-state index is 4.40. The lowest BCUT2D eigenvalue weighted by atomic mass is 10.0. The van der Waals surface area contributed by atoms with Crippen molar-refractivity contribution in [1.29, 1.82) is 0 Å². The van der Waals surface area contributed by atoms with Gasteiger partial charge in [0.2, 0.25) is 0 Å². The van der Waals surface area contributed by atoms with Crippen molar-refractivity contribution in [2.75, 3.05) is 0 Å². The number of aromatic nitrogens is 1. The Morgan fingerprint density at radius 2 is 1.86 bits per heavy atom. The molecule has 0 saturated carbocycles. The van der Waals surface area contributed by atoms with E-state index in [1.807, 2.05) is 24.4 Å². The van der Waals surface area contributed by atoms with Crippen LogP contribution >= 0.6 is 0 Å². The third-order valence-corrected chi connectivity index (χ3v) is 2.28. The summed E-state index contributed by atoms with van der Waals surface area (Å²) in [4.78, 5) is 4.40. The second-order valence-electron chi connectivity index (χ2n) is 3.62. The first-order chi connectivity index (χ1) is 6.27. The Balaban J connectivity index is 0.000000980. The number of hydrogen-bond donors (Lipinski definition) is 0. The zero-order valence-corrected chi connectivity index (χ0v) is 7.99. The molecule has 0 aliphatic rings. The predicted octanol–water partition coefficient (Wildman–Crippen LogP) is 3.99. The minimum absolute atomic E-state index is 0. The summed E-state index contributed by atoms with van der Waals surface area (Å²) >= 11 is 0. The minimum Gasteiger partial charge on any atom is -0.256 e. The molecule has 0 aliphatic carbocycles. The summed E-state index contributed by atoms with van der Waals surface area (Å²) in [6, 6.07) is 10.4. The van der Waals surface area contributed by atoms with Gasteiger partial charge in [0.1, 0.15) is 0 Å². The maximum Gasteiger partial charge on any atom is 0.0702 e. The van der Waals surface area contributed by atoms with E-state index in [2.05, 4.69) is 31.0 Å². The monoisotopic (exact) mass is 187 g/mol. The fraction of sp³-hybridized carbons (Fsp3) is 0.308. The molecule has 0 amide bonds. The summed E-state index contributed by atoms with van der Waals surface area (Å²) in [6.45, 7) is 4.37. The van der Waals surface area contributed by atoms with Crippen LogP contribution in [-0.4, -0.2) is 4.98 Å². The molecule has 14 heavy (non-hydrogen) atoms. The number of pyridine rings is 1. The van der Waals surface area contributed by atoms with Crippen LogP contribution in [0.4, 0.5) is 0 Å². The quantitative estimate of drug-likeness (QED) is 0.657. The normalized spacial score (nSPS) is 10.2. The van der Waals surface area contributed by atoms with E-state index in [1.165, 1.54) is 10.9 Å². The van der Waals surface area contributed by atoms with Crippen molar-refractivity contribution in [3.05, 3.63) is 42.1 Å². The van der Waals surface area contributed by atoms with Crippen LogP contribution in [0.1, 0.15) is 32.8 Å². The molecule has 1 aromatic heterocycles. The van der Waals surface area contributed by atoms with Crippen LogP contribution in [0.15, 0.2) is 36.5 Å². The maximum atomic E-state index is 4.40. The van der Waals surface area contributed by atoms with E-state index < -0.39 is 0 Å². The van der Waals surface area contributed by atoms with Crippen molar-refractivity contribution in [2.24, 2.45) is 0 Å². The Hall–Kier alpha value is -1.37. The van der Waals surface area contributed by atoms with Gasteiger partial charge < -0.3 is 0 Å². The standard InChI is InChI=1S/C12H13N.CH4/c1-9(2)11-7-10-5-3-4-6-12(10)13-8-11;/h3-9H,1-2H3;1H4. The molecule has 0 fully saturated rings. The minimum atomic E-state index is 0. The highest BCUT2D eigenvalue weighted by Crippen LogP contribution is 2.18. The van der Waals surface area contributed by atoms with Gasteiger partial charge in [0, 0.05) is 11.6 Å². The number of rotatable bonds is 1. The summed E-state index contributed by atoms with van der Waals surface area (Å²) < 4.78 is 0. The van der Waals surface area contributed by atoms with Crippen LogP contribution in [0.2, 0.25) is 0 Å². The number of hydrogen-bond acceptors (Lipinski definition) is 1. The van der Waals surface area contributed by atoms with Gasteiger partial charge in [0.25, 0.3) is 0 Å². The van der Waals surface area contributed by atoms with Gasteiger partial charge >= 0.3 is 0 Å². The van der Waals surface area contributed by atoms with Gasteiger partial charge in [-0.3, -0.25) is 4.98 Å². The average Bonchev–Trinajstić information content (AvgIpc) is 2.17. The summed E-state index contributed by atoms with van der Waals surface area (Å²) in [6.07, 6.45) is 1.97. The molecule has 2 rings (SSSR count). The molecule has 1 nitrogen and oxygen atoms in total. The Labute approximate surface area is 85.8 Å². The van der Waals surface area contributed by atoms with Crippen LogP contribution < -0.4 is 0 Å². The molecule has 1 aromatic carbocycles. The van der Waals surface area contributed by atoms with Crippen LogP contribution in [0, 0.1) is 0 Å². The first-order valence-electron chi connectivity index (χ1n) is 4.62. The topological polar surface area (TPSA) is 12.9 Å². The van der Waals surface area contributed by atoms with Crippen molar-refractivity contribution in [3.8, 4) is 0 Å². The van der Waals surface area contributed by atoms with E-state index in [9.17, 15) is 0 Å². The first kappa shape index (κ1) is 10.7. The third-order valence-electron chi connectivity index (χ3n) is 2.28. The van der Waals surface area contributed by atoms with Gasteiger partial charge in [0.05, 0.1) is 5.52 Å². The van der Waals surface area contributed by atoms with Crippen molar-refractivity contribution < 1.29 is 0 Å². The molecule has 0 unspecified atom stereocenters. The molecule has 1 heterocycles. The summed E-state index contributed by atoms with van der Waals surface area (Å²) in [7, 11) is 0. The third kappa shape index (κ3) is 1.92. The molecule has 74 valence electrons. The molecule has 0 radical (unpaired) electrons. The van der Waals surface area contributed by atoms with Crippen molar-refractivity contribution >= 4 is 10.9 Å². The smallest absolute Gasteiger partial charge is 0.0702 e. The largest absolute Gasteiger partial charge is 0.256 e. The molecule has 0 spiro atoms. The van der Waals surface area contributed by atoms with Crippen molar-refractivity contribution in [2.45, 2.75) is 27.2 Å². The molecule has 0 aliphatic heterocycles. The van der Waals surface area contributed by atoms with E-state index >= 15 is 0 Å². The fourth-order valence-corrected chi connectivity index (χ4v) is 1.40. The SMILES string of the molecule is C.CC(C)c1cnc2ccccc2c1. The van der Waals surface area contributed by atoms with E-state index in [4.69, 9.17) is 0 Å². The number of fused-ring (bicyclic) bond motifs is 1. The highest BCUT2D eigenvalue weighted by Gasteiger charge is 2.00. The molecule has 0 bridgehead atoms. The van der Waals surface area contributed by atoms with Crippen molar-refractivity contribution in [3.63, 3.8) is 0 Å². The molecule has 0 N–H and O–H groups in total. The second kappa shape index (κ2) is 4.23. The highest BCUT2D eigenvalue weighted by atomic mass is 14.6. The number of nitrogens with zero attached hydrogens (tertiary/aromatic N) is 1. The molecule has 0 saturated heterocycles.